The number of aliphatic carboxylic acids is 1. The molecule has 206 valence electrons. The molecule has 1 aliphatic heterocycles. The van der Waals surface area contributed by atoms with E-state index in [1.165, 1.54) is 9.58 Å². The van der Waals surface area contributed by atoms with Gasteiger partial charge in [0.1, 0.15) is 11.9 Å². The van der Waals surface area contributed by atoms with Crippen LogP contribution in [0.5, 0.6) is 0 Å². The van der Waals surface area contributed by atoms with Gasteiger partial charge in [-0.2, -0.15) is 18.3 Å². The van der Waals surface area contributed by atoms with Gasteiger partial charge in [-0.25, -0.2) is 9.48 Å². The van der Waals surface area contributed by atoms with Crippen LogP contribution in [0.1, 0.15) is 28.3 Å². The first kappa shape index (κ1) is 27.0. The van der Waals surface area contributed by atoms with Gasteiger partial charge in [-0.1, -0.05) is 91.0 Å². The third kappa shape index (κ3) is 5.70. The van der Waals surface area contributed by atoms with Crippen LogP contribution in [-0.2, 0) is 22.3 Å². The van der Waals surface area contributed by atoms with E-state index in [4.69, 9.17) is 0 Å². The zero-order valence-corrected chi connectivity index (χ0v) is 21.4. The number of aromatic nitrogens is 2. The molecule has 0 bridgehead atoms. The van der Waals surface area contributed by atoms with E-state index in [-0.39, 0.29) is 37.9 Å². The summed E-state index contributed by atoms with van der Waals surface area (Å²) in [5.41, 5.74) is 1.14. The number of hydrogen-bond acceptors (Lipinski definition) is 4. The molecule has 7 nitrogen and oxygen atoms in total. The number of amides is 1. The number of benzene rings is 3. The molecule has 1 saturated heterocycles. The maximum absolute atomic E-state index is 14.0. The molecule has 1 fully saturated rings. The van der Waals surface area contributed by atoms with E-state index in [0.717, 1.165) is 22.8 Å². The summed E-state index contributed by atoms with van der Waals surface area (Å²) in [7, 11) is 0. The van der Waals surface area contributed by atoms with Gasteiger partial charge in [0, 0.05) is 19.2 Å². The Labute approximate surface area is 229 Å². The summed E-state index contributed by atoms with van der Waals surface area (Å²) in [5, 5.41) is 14.0. The molecular weight excluding hydrogens is 521 g/mol. The van der Waals surface area contributed by atoms with E-state index in [2.05, 4.69) is 5.10 Å². The van der Waals surface area contributed by atoms with Crippen molar-refractivity contribution in [3.05, 3.63) is 119 Å². The number of alkyl halides is 3. The zero-order valence-electron chi connectivity index (χ0n) is 21.4. The van der Waals surface area contributed by atoms with Crippen molar-refractivity contribution in [2.24, 2.45) is 0 Å². The summed E-state index contributed by atoms with van der Waals surface area (Å²) >= 11 is 0. The Morgan fingerprint density at radius 1 is 0.875 bits per heavy atom. The predicted octanol–water partition coefficient (Wildman–Crippen LogP) is 4.88. The Bertz CT molecular complexity index is 1420. The molecule has 0 spiro atoms. The first-order valence-electron chi connectivity index (χ1n) is 12.8. The van der Waals surface area contributed by atoms with Gasteiger partial charge in [0.15, 0.2) is 5.69 Å². The van der Waals surface area contributed by atoms with Crippen LogP contribution in [-0.4, -0.2) is 57.3 Å². The maximum atomic E-state index is 14.0. The summed E-state index contributed by atoms with van der Waals surface area (Å²) < 4.78 is 42.1. The van der Waals surface area contributed by atoms with E-state index in [0.29, 0.717) is 0 Å². The lowest BCUT2D eigenvalue weighted by Crippen LogP contribution is -2.59. The fourth-order valence-corrected chi connectivity index (χ4v) is 5.07. The molecule has 1 aromatic heterocycles. The Balaban J connectivity index is 1.46. The number of carboxylic acid groups (broad SMARTS) is 1. The Kier molecular flexibility index (Phi) is 7.59. The fourth-order valence-electron chi connectivity index (χ4n) is 5.07. The number of anilines is 1. The molecule has 40 heavy (non-hydrogen) atoms. The van der Waals surface area contributed by atoms with Crippen molar-refractivity contribution in [2.75, 3.05) is 24.5 Å². The fraction of sp³-hybridized carbons (Fsp3) is 0.233. The first-order chi connectivity index (χ1) is 19.2. The molecule has 1 amide bonds. The summed E-state index contributed by atoms with van der Waals surface area (Å²) in [6, 6.07) is 26.8. The lowest BCUT2D eigenvalue weighted by atomic mass is 9.89. The van der Waals surface area contributed by atoms with Gasteiger partial charge >= 0.3 is 12.1 Å². The quantitative estimate of drug-likeness (QED) is 0.356. The largest absolute Gasteiger partial charge is 0.480 e. The standard InChI is InChI=1S/C30H27F3N4O3/c31-30(32,33)25-18-26(37(34-25)19-21-10-4-1-5-11-21)35-16-17-36(24(20-35)29(39)40)28(38)27(22-12-6-2-7-13-22)23-14-8-3-9-15-23/h1-15,18,24,27H,16-17,19-20H2,(H,39,40)/t24-/m0/s1. The number of carboxylic acids is 1. The highest BCUT2D eigenvalue weighted by molar-refractivity contribution is 5.91. The van der Waals surface area contributed by atoms with Crippen molar-refractivity contribution in [1.82, 2.24) is 14.7 Å². The van der Waals surface area contributed by atoms with Gasteiger partial charge in [-0.05, 0) is 16.7 Å². The minimum atomic E-state index is -4.67. The molecule has 3 aromatic carbocycles. The van der Waals surface area contributed by atoms with Crippen LogP contribution in [0.2, 0.25) is 0 Å². The number of nitrogens with zero attached hydrogens (tertiary/aromatic N) is 4. The van der Waals surface area contributed by atoms with Crippen LogP contribution in [0.25, 0.3) is 0 Å². The highest BCUT2D eigenvalue weighted by atomic mass is 19.4. The summed E-state index contributed by atoms with van der Waals surface area (Å²) in [5.74, 6) is -2.19. The normalized spacial score (nSPS) is 15.8. The third-order valence-corrected chi connectivity index (χ3v) is 7.01. The highest BCUT2D eigenvalue weighted by Gasteiger charge is 2.41. The van der Waals surface area contributed by atoms with Gasteiger partial charge in [0.2, 0.25) is 5.91 Å². The van der Waals surface area contributed by atoms with Crippen molar-refractivity contribution in [1.29, 1.82) is 0 Å². The molecule has 5 rings (SSSR count). The molecule has 2 heterocycles. The molecule has 1 atom stereocenters. The second-order valence-electron chi connectivity index (χ2n) is 9.61. The zero-order chi connectivity index (χ0) is 28.3. The van der Waals surface area contributed by atoms with Crippen LogP contribution < -0.4 is 4.90 Å². The number of carbonyl (C=O) groups excluding carboxylic acids is 1. The molecule has 0 radical (unpaired) electrons. The van der Waals surface area contributed by atoms with E-state index in [1.54, 1.807) is 35.2 Å². The van der Waals surface area contributed by atoms with Crippen molar-refractivity contribution in [2.45, 2.75) is 24.7 Å². The van der Waals surface area contributed by atoms with Gasteiger partial charge in [0.25, 0.3) is 0 Å². The number of hydrogen-bond donors (Lipinski definition) is 1. The van der Waals surface area contributed by atoms with Crippen LogP contribution in [0.15, 0.2) is 97.1 Å². The average Bonchev–Trinajstić information content (AvgIpc) is 3.39. The molecular formula is C30H27F3N4O3. The highest BCUT2D eigenvalue weighted by Crippen LogP contribution is 2.33. The van der Waals surface area contributed by atoms with Gasteiger partial charge < -0.3 is 14.9 Å². The maximum Gasteiger partial charge on any atom is 0.435 e. The topological polar surface area (TPSA) is 78.7 Å². The smallest absolute Gasteiger partial charge is 0.435 e. The van der Waals surface area contributed by atoms with Crippen molar-refractivity contribution < 1.29 is 27.9 Å². The molecule has 4 aromatic rings. The minimum Gasteiger partial charge on any atom is -0.480 e. The van der Waals surface area contributed by atoms with Gasteiger partial charge in [0.05, 0.1) is 19.0 Å². The Morgan fingerprint density at radius 2 is 1.43 bits per heavy atom. The molecule has 1 aliphatic rings. The monoisotopic (exact) mass is 548 g/mol. The summed E-state index contributed by atoms with van der Waals surface area (Å²) in [4.78, 5) is 29.3. The number of piperazine rings is 1. The van der Waals surface area contributed by atoms with Crippen LogP contribution in [0.3, 0.4) is 0 Å². The molecule has 0 aliphatic carbocycles. The van der Waals surface area contributed by atoms with Gasteiger partial charge in [-0.15, -0.1) is 0 Å². The van der Waals surface area contributed by atoms with E-state index >= 15 is 0 Å². The Hall–Kier alpha value is -4.60. The van der Waals surface area contributed by atoms with Crippen LogP contribution in [0.4, 0.5) is 19.0 Å². The van der Waals surface area contributed by atoms with Gasteiger partial charge in [-0.3, -0.25) is 4.79 Å². The van der Waals surface area contributed by atoms with Crippen molar-refractivity contribution >= 4 is 17.7 Å². The lowest BCUT2D eigenvalue weighted by molar-refractivity contribution is -0.151. The van der Waals surface area contributed by atoms with E-state index < -0.39 is 29.8 Å². The number of rotatable bonds is 7. The second-order valence-corrected chi connectivity index (χ2v) is 9.61. The average molecular weight is 549 g/mol. The van der Waals surface area contributed by atoms with Crippen LogP contribution >= 0.6 is 0 Å². The van der Waals surface area contributed by atoms with E-state index in [9.17, 15) is 27.9 Å². The first-order valence-corrected chi connectivity index (χ1v) is 12.8. The van der Waals surface area contributed by atoms with Crippen molar-refractivity contribution in [3.8, 4) is 0 Å². The molecule has 0 saturated carbocycles. The van der Waals surface area contributed by atoms with Crippen molar-refractivity contribution in [3.63, 3.8) is 0 Å². The Morgan fingerprint density at radius 3 is 1.95 bits per heavy atom. The predicted molar refractivity (Wildman–Crippen MR) is 143 cm³/mol. The molecule has 0 unspecified atom stereocenters. The second kappa shape index (κ2) is 11.3. The van der Waals surface area contributed by atoms with E-state index in [1.807, 2.05) is 60.7 Å². The number of carbonyl (C=O) groups is 2. The lowest BCUT2D eigenvalue weighted by Gasteiger charge is -2.41. The minimum absolute atomic E-state index is 0.0177. The molecule has 10 heteroatoms. The molecule has 1 N–H and O–H groups in total. The SMILES string of the molecule is O=C(O)[C@@H]1CN(c2cc(C(F)(F)F)nn2Cc2ccccc2)CCN1C(=O)C(c1ccccc1)c1ccccc1. The summed E-state index contributed by atoms with van der Waals surface area (Å²) in [6.07, 6.45) is -4.67. The third-order valence-electron chi connectivity index (χ3n) is 7.01. The van der Waals surface area contributed by atoms with Crippen LogP contribution in [0, 0.1) is 0 Å². The summed E-state index contributed by atoms with van der Waals surface area (Å²) in [6.45, 7) is 0.0514. The number of halogens is 3.